The minimum Gasteiger partial charge on any atom is -0.394 e. The van der Waals surface area contributed by atoms with E-state index in [-0.39, 0.29) is 24.7 Å². The van der Waals surface area contributed by atoms with Gasteiger partial charge in [0, 0.05) is 12.6 Å². The summed E-state index contributed by atoms with van der Waals surface area (Å²) in [5, 5.41) is 12.2. The molecular weight excluding hydrogens is 204 g/mol. The molecule has 0 saturated carbocycles. The number of hydrogen-bond donors (Lipinski definition) is 2. The molecular formula is C12H24N2O2. The Morgan fingerprint density at radius 1 is 1.56 bits per heavy atom. The van der Waals surface area contributed by atoms with Crippen molar-refractivity contribution in [2.75, 3.05) is 13.2 Å². The Morgan fingerprint density at radius 2 is 2.25 bits per heavy atom. The van der Waals surface area contributed by atoms with Crippen LogP contribution in [-0.2, 0) is 0 Å². The van der Waals surface area contributed by atoms with Crippen LogP contribution in [0.2, 0.25) is 0 Å². The van der Waals surface area contributed by atoms with Crippen LogP contribution in [0.3, 0.4) is 0 Å². The Hall–Kier alpha value is -0.770. The highest BCUT2D eigenvalue weighted by Crippen LogP contribution is 2.17. The second-order valence-corrected chi connectivity index (χ2v) is 4.80. The molecule has 4 heteroatoms. The lowest BCUT2D eigenvalue weighted by Gasteiger charge is -2.27. The molecule has 0 radical (unpaired) electrons. The van der Waals surface area contributed by atoms with Crippen LogP contribution in [0.5, 0.6) is 0 Å². The highest BCUT2D eigenvalue weighted by atomic mass is 16.3. The number of nitrogens with zero attached hydrogens (tertiary/aromatic N) is 1. The van der Waals surface area contributed by atoms with Gasteiger partial charge in [0.15, 0.2) is 0 Å². The van der Waals surface area contributed by atoms with Gasteiger partial charge in [0.25, 0.3) is 0 Å². The zero-order valence-electron chi connectivity index (χ0n) is 10.6. The first-order chi connectivity index (χ1) is 7.60. The van der Waals surface area contributed by atoms with E-state index in [0.717, 1.165) is 25.8 Å². The highest BCUT2D eigenvalue weighted by Gasteiger charge is 2.29. The van der Waals surface area contributed by atoms with Gasteiger partial charge in [-0.05, 0) is 25.7 Å². The number of aliphatic hydroxyl groups is 1. The number of likely N-dealkylation sites (tertiary alicyclic amines) is 1. The number of carbonyl (C=O) groups is 1. The van der Waals surface area contributed by atoms with Gasteiger partial charge in [-0.3, -0.25) is 0 Å². The number of nitrogens with one attached hydrogen (secondary N) is 1. The Kier molecular flexibility index (Phi) is 5.06. The van der Waals surface area contributed by atoms with E-state index in [1.165, 1.54) is 0 Å². The molecule has 0 aromatic heterocycles. The third-order valence-electron chi connectivity index (χ3n) is 3.70. The first-order valence-electron chi connectivity index (χ1n) is 6.28. The summed E-state index contributed by atoms with van der Waals surface area (Å²) in [6, 6.07) is 0.186. The van der Waals surface area contributed by atoms with Crippen LogP contribution >= 0.6 is 0 Å². The Morgan fingerprint density at radius 3 is 2.81 bits per heavy atom. The number of urea groups is 1. The van der Waals surface area contributed by atoms with Gasteiger partial charge < -0.3 is 15.3 Å². The molecule has 2 N–H and O–H groups in total. The molecule has 1 heterocycles. The zero-order valence-corrected chi connectivity index (χ0v) is 10.6. The summed E-state index contributed by atoms with van der Waals surface area (Å²) in [5.74, 6) is 0.485. The molecule has 0 aromatic carbocycles. The van der Waals surface area contributed by atoms with Crippen LogP contribution < -0.4 is 5.32 Å². The van der Waals surface area contributed by atoms with E-state index < -0.39 is 0 Å². The van der Waals surface area contributed by atoms with Crippen molar-refractivity contribution in [3.8, 4) is 0 Å². The molecule has 16 heavy (non-hydrogen) atoms. The van der Waals surface area contributed by atoms with Gasteiger partial charge in [0.05, 0.1) is 12.6 Å². The molecule has 2 amide bonds. The summed E-state index contributed by atoms with van der Waals surface area (Å²) < 4.78 is 0. The quantitative estimate of drug-likeness (QED) is 0.767. The highest BCUT2D eigenvalue weighted by molar-refractivity contribution is 5.75. The topological polar surface area (TPSA) is 52.6 Å². The lowest BCUT2D eigenvalue weighted by molar-refractivity contribution is 0.153. The van der Waals surface area contributed by atoms with E-state index in [1.807, 2.05) is 6.92 Å². The fraction of sp³-hybridized carbons (Fsp3) is 0.917. The summed E-state index contributed by atoms with van der Waals surface area (Å²) in [7, 11) is 0. The van der Waals surface area contributed by atoms with Gasteiger partial charge in [-0.15, -0.1) is 0 Å². The number of amides is 2. The maximum Gasteiger partial charge on any atom is 0.317 e. The van der Waals surface area contributed by atoms with E-state index >= 15 is 0 Å². The van der Waals surface area contributed by atoms with Gasteiger partial charge in [-0.2, -0.15) is 0 Å². The van der Waals surface area contributed by atoms with Crippen molar-refractivity contribution in [2.24, 2.45) is 5.92 Å². The van der Waals surface area contributed by atoms with Gasteiger partial charge in [-0.25, -0.2) is 4.79 Å². The maximum absolute atomic E-state index is 11.9. The van der Waals surface area contributed by atoms with Crippen LogP contribution in [-0.4, -0.2) is 41.3 Å². The molecule has 3 atom stereocenters. The summed E-state index contributed by atoms with van der Waals surface area (Å²) in [6.45, 7) is 7.14. The van der Waals surface area contributed by atoms with Crippen molar-refractivity contribution in [1.82, 2.24) is 10.2 Å². The molecule has 0 aromatic rings. The third kappa shape index (κ3) is 3.11. The first kappa shape index (κ1) is 13.3. The van der Waals surface area contributed by atoms with Crippen molar-refractivity contribution in [3.63, 3.8) is 0 Å². The van der Waals surface area contributed by atoms with E-state index in [1.54, 1.807) is 4.90 Å². The smallest absolute Gasteiger partial charge is 0.317 e. The van der Waals surface area contributed by atoms with Gasteiger partial charge in [0.1, 0.15) is 0 Å². The van der Waals surface area contributed by atoms with Crippen LogP contribution in [0.25, 0.3) is 0 Å². The number of hydrogen-bond acceptors (Lipinski definition) is 2. The van der Waals surface area contributed by atoms with E-state index in [4.69, 9.17) is 5.11 Å². The molecule has 1 aliphatic heterocycles. The van der Waals surface area contributed by atoms with Crippen molar-refractivity contribution in [3.05, 3.63) is 0 Å². The average molecular weight is 228 g/mol. The largest absolute Gasteiger partial charge is 0.394 e. The summed E-state index contributed by atoms with van der Waals surface area (Å²) in [4.78, 5) is 13.7. The standard InChI is InChI=1S/C12H24N2O2/c1-4-9(2)10(3)13-12(16)14-7-5-6-11(14)8-15/h9-11,15H,4-8H2,1-3H3,(H,13,16). The van der Waals surface area contributed by atoms with Crippen molar-refractivity contribution >= 4 is 6.03 Å². The number of rotatable bonds is 4. The van der Waals surface area contributed by atoms with Gasteiger partial charge in [0.2, 0.25) is 0 Å². The molecule has 1 rings (SSSR count). The fourth-order valence-electron chi connectivity index (χ4n) is 2.07. The molecule has 94 valence electrons. The zero-order chi connectivity index (χ0) is 12.1. The third-order valence-corrected chi connectivity index (χ3v) is 3.70. The molecule has 0 spiro atoms. The van der Waals surface area contributed by atoms with Gasteiger partial charge in [-0.1, -0.05) is 20.3 Å². The van der Waals surface area contributed by atoms with E-state index in [2.05, 4.69) is 19.2 Å². The van der Waals surface area contributed by atoms with Crippen LogP contribution in [0, 0.1) is 5.92 Å². The minimum absolute atomic E-state index is 0.0177. The predicted molar refractivity (Wildman–Crippen MR) is 64.3 cm³/mol. The second kappa shape index (κ2) is 6.09. The first-order valence-corrected chi connectivity index (χ1v) is 6.28. The SMILES string of the molecule is CCC(C)C(C)NC(=O)N1CCCC1CO. The van der Waals surface area contributed by atoms with Crippen LogP contribution in [0.1, 0.15) is 40.0 Å². The van der Waals surface area contributed by atoms with Gasteiger partial charge >= 0.3 is 6.03 Å². The van der Waals surface area contributed by atoms with Crippen molar-refractivity contribution in [2.45, 2.75) is 52.1 Å². The molecule has 4 nitrogen and oxygen atoms in total. The van der Waals surface area contributed by atoms with Crippen LogP contribution in [0.15, 0.2) is 0 Å². The fourth-order valence-corrected chi connectivity index (χ4v) is 2.07. The monoisotopic (exact) mass is 228 g/mol. The number of aliphatic hydroxyl groups excluding tert-OH is 1. The Bertz CT molecular complexity index is 233. The Balaban J connectivity index is 2.45. The average Bonchev–Trinajstić information content (AvgIpc) is 2.75. The summed E-state index contributed by atoms with van der Waals surface area (Å²) >= 11 is 0. The van der Waals surface area contributed by atoms with Crippen LogP contribution in [0.4, 0.5) is 4.79 Å². The molecule has 1 aliphatic rings. The Labute approximate surface area is 98.0 Å². The predicted octanol–water partition coefficient (Wildman–Crippen LogP) is 1.59. The maximum atomic E-state index is 11.9. The second-order valence-electron chi connectivity index (χ2n) is 4.80. The van der Waals surface area contributed by atoms with E-state index in [0.29, 0.717) is 5.92 Å². The molecule has 3 unspecified atom stereocenters. The lowest BCUT2D eigenvalue weighted by atomic mass is 10.0. The normalized spacial score (nSPS) is 24.2. The lowest BCUT2D eigenvalue weighted by Crippen LogP contribution is -2.48. The molecule has 0 aliphatic carbocycles. The van der Waals surface area contributed by atoms with Crippen molar-refractivity contribution in [1.29, 1.82) is 0 Å². The minimum atomic E-state index is -0.0237. The molecule has 1 saturated heterocycles. The van der Waals surface area contributed by atoms with Crippen molar-refractivity contribution < 1.29 is 9.90 Å². The summed E-state index contributed by atoms with van der Waals surface area (Å²) in [5.41, 5.74) is 0. The summed E-state index contributed by atoms with van der Waals surface area (Å²) in [6.07, 6.45) is 2.98. The number of carbonyl (C=O) groups excluding carboxylic acids is 1. The molecule has 0 bridgehead atoms. The van der Waals surface area contributed by atoms with E-state index in [9.17, 15) is 4.79 Å². The molecule has 1 fully saturated rings.